The summed E-state index contributed by atoms with van der Waals surface area (Å²) in [7, 11) is -3.55. The van der Waals surface area contributed by atoms with Crippen molar-refractivity contribution in [1.82, 2.24) is 14.9 Å². The van der Waals surface area contributed by atoms with Crippen LogP contribution in [0.15, 0.2) is 6.07 Å². The number of anilines is 1. The standard InChI is InChI=1S/C10H20N4O2S/c1-7(2)13-17(15,16)14-9-6-8(11-12-9)10(3,4)5/h6-7,13H,1-5H3,(H2,11,12,14). The minimum atomic E-state index is -3.55. The molecule has 0 amide bonds. The van der Waals surface area contributed by atoms with Gasteiger partial charge in [0.25, 0.3) is 0 Å². The zero-order valence-electron chi connectivity index (χ0n) is 10.8. The predicted octanol–water partition coefficient (Wildman–Crippen LogP) is 1.36. The Morgan fingerprint density at radius 1 is 1.35 bits per heavy atom. The van der Waals surface area contributed by atoms with E-state index in [1.165, 1.54) is 0 Å². The van der Waals surface area contributed by atoms with Crippen LogP contribution in [-0.4, -0.2) is 24.7 Å². The summed E-state index contributed by atoms with van der Waals surface area (Å²) < 4.78 is 28.0. The van der Waals surface area contributed by atoms with Crippen LogP contribution in [0.25, 0.3) is 0 Å². The van der Waals surface area contributed by atoms with Gasteiger partial charge in [-0.1, -0.05) is 20.8 Å². The van der Waals surface area contributed by atoms with E-state index >= 15 is 0 Å². The number of hydrogen-bond donors (Lipinski definition) is 3. The number of hydrogen-bond acceptors (Lipinski definition) is 3. The van der Waals surface area contributed by atoms with E-state index in [2.05, 4.69) is 19.6 Å². The van der Waals surface area contributed by atoms with Crippen molar-refractivity contribution in [2.75, 3.05) is 4.72 Å². The van der Waals surface area contributed by atoms with Crippen LogP contribution in [0.1, 0.15) is 40.3 Å². The van der Waals surface area contributed by atoms with Gasteiger partial charge in [-0.05, 0) is 13.8 Å². The largest absolute Gasteiger partial charge is 0.300 e. The van der Waals surface area contributed by atoms with E-state index in [1.807, 2.05) is 20.8 Å². The highest BCUT2D eigenvalue weighted by Crippen LogP contribution is 2.22. The maximum atomic E-state index is 11.6. The number of aromatic nitrogens is 2. The molecule has 0 fully saturated rings. The molecule has 98 valence electrons. The summed E-state index contributed by atoms with van der Waals surface area (Å²) in [6.07, 6.45) is 0. The molecular weight excluding hydrogens is 240 g/mol. The second-order valence-corrected chi connectivity index (χ2v) is 6.74. The Balaban J connectivity index is 2.80. The van der Waals surface area contributed by atoms with Crippen LogP contribution in [0.3, 0.4) is 0 Å². The van der Waals surface area contributed by atoms with Crippen molar-refractivity contribution in [3.8, 4) is 0 Å². The van der Waals surface area contributed by atoms with E-state index < -0.39 is 10.2 Å². The second kappa shape index (κ2) is 4.66. The number of aromatic amines is 1. The van der Waals surface area contributed by atoms with E-state index in [0.29, 0.717) is 5.82 Å². The third-order valence-electron chi connectivity index (χ3n) is 2.02. The van der Waals surface area contributed by atoms with Crippen molar-refractivity contribution in [1.29, 1.82) is 0 Å². The third kappa shape index (κ3) is 4.35. The van der Waals surface area contributed by atoms with Crippen molar-refractivity contribution in [2.24, 2.45) is 0 Å². The van der Waals surface area contributed by atoms with Crippen LogP contribution in [0, 0.1) is 0 Å². The highest BCUT2D eigenvalue weighted by Gasteiger charge is 2.19. The molecule has 0 aliphatic heterocycles. The molecule has 0 radical (unpaired) electrons. The summed E-state index contributed by atoms with van der Waals surface area (Å²) in [5.41, 5.74) is 0.780. The molecule has 1 rings (SSSR count). The molecule has 0 bridgehead atoms. The average Bonchev–Trinajstić information content (AvgIpc) is 2.47. The van der Waals surface area contributed by atoms with Gasteiger partial charge in [-0.25, -0.2) is 0 Å². The lowest BCUT2D eigenvalue weighted by Crippen LogP contribution is -2.35. The summed E-state index contributed by atoms with van der Waals surface area (Å²) in [4.78, 5) is 0. The van der Waals surface area contributed by atoms with Crippen molar-refractivity contribution < 1.29 is 8.42 Å². The highest BCUT2D eigenvalue weighted by atomic mass is 32.2. The van der Waals surface area contributed by atoms with E-state index in [0.717, 1.165) is 5.69 Å². The summed E-state index contributed by atoms with van der Waals surface area (Å²) in [5.74, 6) is 0.295. The fourth-order valence-electron chi connectivity index (χ4n) is 1.24. The molecule has 17 heavy (non-hydrogen) atoms. The number of H-pyrrole nitrogens is 1. The maximum Gasteiger partial charge on any atom is 0.300 e. The van der Waals surface area contributed by atoms with Gasteiger partial charge in [-0.15, -0.1) is 0 Å². The highest BCUT2D eigenvalue weighted by molar-refractivity contribution is 7.90. The second-order valence-electron chi connectivity index (χ2n) is 5.29. The lowest BCUT2D eigenvalue weighted by atomic mass is 9.92. The third-order valence-corrected chi connectivity index (χ3v) is 3.28. The Labute approximate surface area is 102 Å². The van der Waals surface area contributed by atoms with Gasteiger partial charge >= 0.3 is 10.2 Å². The molecule has 0 spiro atoms. The van der Waals surface area contributed by atoms with E-state index in [4.69, 9.17) is 0 Å². The van der Waals surface area contributed by atoms with Gasteiger partial charge in [-0.3, -0.25) is 9.82 Å². The number of nitrogens with zero attached hydrogens (tertiary/aromatic N) is 1. The first kappa shape index (κ1) is 14.0. The summed E-state index contributed by atoms with van der Waals surface area (Å²) >= 11 is 0. The summed E-state index contributed by atoms with van der Waals surface area (Å²) in [6.45, 7) is 9.57. The van der Waals surface area contributed by atoms with Gasteiger partial charge in [0, 0.05) is 23.2 Å². The molecule has 0 atom stereocenters. The maximum absolute atomic E-state index is 11.6. The number of rotatable bonds is 4. The van der Waals surface area contributed by atoms with Gasteiger partial charge in [0.05, 0.1) is 0 Å². The van der Waals surface area contributed by atoms with Gasteiger partial charge in [0.1, 0.15) is 0 Å². The van der Waals surface area contributed by atoms with Crippen molar-refractivity contribution in [3.05, 3.63) is 11.8 Å². The van der Waals surface area contributed by atoms with Gasteiger partial charge in [0.15, 0.2) is 5.82 Å². The molecule has 0 saturated carbocycles. The van der Waals surface area contributed by atoms with Gasteiger partial charge in [-0.2, -0.15) is 18.2 Å². The van der Waals surface area contributed by atoms with Crippen LogP contribution < -0.4 is 9.44 Å². The average molecular weight is 260 g/mol. The SMILES string of the molecule is CC(C)NS(=O)(=O)Nc1cc(C(C)(C)C)[nH]n1. The lowest BCUT2D eigenvalue weighted by molar-refractivity contribution is 0.567. The molecule has 7 heteroatoms. The minimum absolute atomic E-state index is 0.0951. The van der Waals surface area contributed by atoms with Crippen LogP contribution >= 0.6 is 0 Å². The molecule has 1 heterocycles. The van der Waals surface area contributed by atoms with Crippen molar-refractivity contribution in [3.63, 3.8) is 0 Å². The molecule has 6 nitrogen and oxygen atoms in total. The normalized spacial score (nSPS) is 13.1. The molecule has 0 saturated heterocycles. The Morgan fingerprint density at radius 2 is 1.94 bits per heavy atom. The van der Waals surface area contributed by atoms with Crippen LogP contribution in [0.4, 0.5) is 5.82 Å². The first-order chi connectivity index (χ1) is 7.60. The molecule has 3 N–H and O–H groups in total. The Bertz CT molecular complexity index is 471. The first-order valence-corrected chi connectivity index (χ1v) is 6.94. The summed E-state index contributed by atoms with van der Waals surface area (Å²) in [5, 5.41) is 6.74. The fraction of sp³-hybridized carbons (Fsp3) is 0.700. The van der Waals surface area contributed by atoms with Gasteiger partial charge < -0.3 is 0 Å². The zero-order chi connectivity index (χ0) is 13.3. The van der Waals surface area contributed by atoms with Crippen molar-refractivity contribution >= 4 is 16.0 Å². The Morgan fingerprint density at radius 3 is 2.35 bits per heavy atom. The smallest absolute Gasteiger partial charge is 0.280 e. The fourth-order valence-corrected chi connectivity index (χ4v) is 2.30. The monoisotopic (exact) mass is 260 g/mol. The molecule has 1 aromatic heterocycles. The molecule has 0 unspecified atom stereocenters. The van der Waals surface area contributed by atoms with Crippen molar-refractivity contribution in [2.45, 2.75) is 46.1 Å². The quantitative estimate of drug-likeness (QED) is 0.764. The van der Waals surface area contributed by atoms with E-state index in [9.17, 15) is 8.42 Å². The van der Waals surface area contributed by atoms with Crippen LogP contribution in [-0.2, 0) is 15.6 Å². The molecule has 1 aromatic rings. The molecule has 0 aliphatic carbocycles. The minimum Gasteiger partial charge on any atom is -0.280 e. The molecular formula is C10H20N4O2S. The molecule has 0 aromatic carbocycles. The lowest BCUT2D eigenvalue weighted by Gasteiger charge is -2.14. The summed E-state index contributed by atoms with van der Waals surface area (Å²) in [6, 6.07) is 1.54. The Hall–Kier alpha value is -1.08. The van der Waals surface area contributed by atoms with Gasteiger partial charge in [0.2, 0.25) is 0 Å². The number of nitrogens with one attached hydrogen (secondary N) is 3. The van der Waals surface area contributed by atoms with Crippen LogP contribution in [0.2, 0.25) is 0 Å². The van der Waals surface area contributed by atoms with E-state index in [1.54, 1.807) is 19.9 Å². The zero-order valence-corrected chi connectivity index (χ0v) is 11.6. The topological polar surface area (TPSA) is 86.9 Å². The van der Waals surface area contributed by atoms with E-state index in [-0.39, 0.29) is 11.5 Å². The Kier molecular flexibility index (Phi) is 3.83. The predicted molar refractivity (Wildman–Crippen MR) is 68.1 cm³/mol. The molecule has 0 aliphatic rings. The van der Waals surface area contributed by atoms with Crippen LogP contribution in [0.5, 0.6) is 0 Å². The first-order valence-electron chi connectivity index (χ1n) is 5.46.